The summed E-state index contributed by atoms with van der Waals surface area (Å²) in [5.41, 5.74) is 0. The van der Waals surface area contributed by atoms with Crippen LogP contribution in [0.3, 0.4) is 0 Å². The Hall–Kier alpha value is -1.30. The number of carbonyl (C=O) groups excluding carboxylic acids is 1. The summed E-state index contributed by atoms with van der Waals surface area (Å²) in [4.78, 5) is 26.1. The van der Waals surface area contributed by atoms with E-state index in [-0.39, 0.29) is 18.5 Å². The first-order chi connectivity index (χ1) is 8.00. The maximum Gasteiger partial charge on any atom is 0.317 e. The van der Waals surface area contributed by atoms with Crippen LogP contribution in [0.15, 0.2) is 0 Å². The van der Waals surface area contributed by atoms with Crippen LogP contribution in [0.25, 0.3) is 0 Å². The van der Waals surface area contributed by atoms with Crippen molar-refractivity contribution in [3.63, 3.8) is 0 Å². The lowest BCUT2D eigenvalue weighted by molar-refractivity contribution is -0.137. The van der Waals surface area contributed by atoms with Crippen molar-refractivity contribution in [3.8, 4) is 0 Å². The Morgan fingerprint density at radius 1 is 1.41 bits per heavy atom. The third kappa shape index (κ3) is 4.60. The second-order valence-corrected chi connectivity index (χ2v) is 4.53. The Morgan fingerprint density at radius 3 is 2.71 bits per heavy atom. The predicted molar refractivity (Wildman–Crippen MR) is 63.9 cm³/mol. The van der Waals surface area contributed by atoms with Crippen molar-refractivity contribution in [1.82, 2.24) is 15.1 Å². The van der Waals surface area contributed by atoms with Crippen molar-refractivity contribution in [3.05, 3.63) is 0 Å². The summed E-state index contributed by atoms with van der Waals surface area (Å²) in [6.45, 7) is 4.93. The van der Waals surface area contributed by atoms with Crippen molar-refractivity contribution >= 4 is 12.0 Å². The van der Waals surface area contributed by atoms with Crippen LogP contribution in [0.2, 0.25) is 0 Å². The molecule has 0 aromatic rings. The second kappa shape index (κ2) is 6.44. The number of hydrogen-bond donors (Lipinski definition) is 2. The number of rotatable bonds is 4. The van der Waals surface area contributed by atoms with E-state index in [1.54, 1.807) is 4.90 Å². The van der Waals surface area contributed by atoms with Crippen LogP contribution in [-0.2, 0) is 4.79 Å². The molecule has 2 amide bonds. The molecule has 0 aliphatic carbocycles. The highest BCUT2D eigenvalue weighted by Gasteiger charge is 2.25. The van der Waals surface area contributed by atoms with Gasteiger partial charge in [-0.05, 0) is 20.4 Å². The van der Waals surface area contributed by atoms with E-state index in [2.05, 4.69) is 10.2 Å². The quantitative estimate of drug-likeness (QED) is 0.692. The number of aliphatic carboxylic acids is 1. The number of amides is 2. The van der Waals surface area contributed by atoms with Gasteiger partial charge in [0.1, 0.15) is 0 Å². The van der Waals surface area contributed by atoms with E-state index < -0.39 is 5.97 Å². The zero-order valence-electron chi connectivity index (χ0n) is 10.5. The molecule has 0 bridgehead atoms. The maximum absolute atomic E-state index is 11.8. The van der Waals surface area contributed by atoms with Gasteiger partial charge in [-0.2, -0.15) is 0 Å². The molecule has 2 N–H and O–H groups in total. The second-order valence-electron chi connectivity index (χ2n) is 4.53. The molecule has 0 aromatic heterocycles. The lowest BCUT2D eigenvalue weighted by Crippen LogP contribution is -2.55. The number of nitrogens with zero attached hydrogens (tertiary/aromatic N) is 2. The van der Waals surface area contributed by atoms with Gasteiger partial charge in [0.15, 0.2) is 0 Å². The zero-order chi connectivity index (χ0) is 12.8. The molecule has 1 rings (SSSR count). The summed E-state index contributed by atoms with van der Waals surface area (Å²) in [6, 6.07) is 0.115. The molecule has 6 heteroatoms. The highest BCUT2D eigenvalue weighted by molar-refractivity contribution is 5.74. The fraction of sp³-hybridized carbons (Fsp3) is 0.818. The first kappa shape index (κ1) is 13.8. The molecule has 1 heterocycles. The van der Waals surface area contributed by atoms with E-state index in [4.69, 9.17) is 5.11 Å². The Balaban J connectivity index is 2.25. The molecule has 17 heavy (non-hydrogen) atoms. The molecule has 98 valence electrons. The highest BCUT2D eigenvalue weighted by atomic mass is 16.4. The molecular weight excluding hydrogens is 222 g/mol. The molecule has 0 spiro atoms. The molecule has 1 aliphatic rings. The fourth-order valence-electron chi connectivity index (χ4n) is 1.98. The minimum absolute atomic E-state index is 0.0870. The van der Waals surface area contributed by atoms with E-state index in [1.807, 2.05) is 14.0 Å². The Labute approximate surface area is 102 Å². The van der Waals surface area contributed by atoms with Crippen LogP contribution in [0.1, 0.15) is 19.8 Å². The molecule has 0 radical (unpaired) electrons. The fourth-order valence-corrected chi connectivity index (χ4v) is 1.98. The zero-order valence-corrected chi connectivity index (χ0v) is 10.5. The van der Waals surface area contributed by atoms with Crippen LogP contribution >= 0.6 is 0 Å². The van der Waals surface area contributed by atoms with Gasteiger partial charge in [-0.15, -0.1) is 0 Å². The third-order valence-corrected chi connectivity index (χ3v) is 2.94. The van der Waals surface area contributed by atoms with Gasteiger partial charge in [0.05, 0.1) is 0 Å². The first-order valence-corrected chi connectivity index (χ1v) is 5.95. The Bertz CT molecular complexity index is 283. The predicted octanol–water partition coefficient (Wildman–Crippen LogP) is 0.197. The summed E-state index contributed by atoms with van der Waals surface area (Å²) in [7, 11) is 2.04. The number of nitrogens with one attached hydrogen (secondary N) is 1. The molecule has 1 aliphatic heterocycles. The van der Waals surface area contributed by atoms with Crippen LogP contribution in [-0.4, -0.2) is 66.2 Å². The summed E-state index contributed by atoms with van der Waals surface area (Å²) in [5, 5.41) is 11.2. The minimum atomic E-state index is -0.827. The van der Waals surface area contributed by atoms with E-state index in [0.717, 1.165) is 19.6 Å². The van der Waals surface area contributed by atoms with Gasteiger partial charge >= 0.3 is 12.0 Å². The Morgan fingerprint density at radius 2 is 2.12 bits per heavy atom. The lowest BCUT2D eigenvalue weighted by atomic mass is 10.2. The van der Waals surface area contributed by atoms with E-state index in [1.165, 1.54) is 0 Å². The third-order valence-electron chi connectivity index (χ3n) is 2.94. The number of hydrogen-bond acceptors (Lipinski definition) is 3. The van der Waals surface area contributed by atoms with E-state index in [0.29, 0.717) is 13.0 Å². The first-order valence-electron chi connectivity index (χ1n) is 5.95. The van der Waals surface area contributed by atoms with Crippen molar-refractivity contribution < 1.29 is 14.7 Å². The molecule has 1 fully saturated rings. The standard InChI is InChI=1S/C11H21N3O3/c1-9-8-13(2)6-7-14(9)11(17)12-5-3-4-10(15)16/h9H,3-8H2,1-2H3,(H,12,17)(H,15,16). The smallest absolute Gasteiger partial charge is 0.317 e. The average Bonchev–Trinajstić information content (AvgIpc) is 2.23. The number of likely N-dealkylation sites (N-methyl/N-ethyl adjacent to an activating group) is 1. The van der Waals surface area contributed by atoms with Crippen molar-refractivity contribution in [1.29, 1.82) is 0 Å². The van der Waals surface area contributed by atoms with Crippen LogP contribution in [0, 0.1) is 0 Å². The molecule has 6 nitrogen and oxygen atoms in total. The van der Waals surface area contributed by atoms with Gasteiger partial charge in [0.25, 0.3) is 0 Å². The molecule has 1 saturated heterocycles. The van der Waals surface area contributed by atoms with Crippen LogP contribution < -0.4 is 5.32 Å². The van der Waals surface area contributed by atoms with E-state index in [9.17, 15) is 9.59 Å². The highest BCUT2D eigenvalue weighted by Crippen LogP contribution is 2.07. The van der Waals surface area contributed by atoms with Crippen molar-refractivity contribution in [2.45, 2.75) is 25.8 Å². The largest absolute Gasteiger partial charge is 0.481 e. The molecule has 1 atom stereocenters. The topological polar surface area (TPSA) is 72.9 Å². The summed E-state index contributed by atoms with van der Waals surface area (Å²) in [5.74, 6) is -0.827. The number of carboxylic acids is 1. The summed E-state index contributed by atoms with van der Waals surface area (Å²) < 4.78 is 0. The molecular formula is C11H21N3O3. The van der Waals surface area contributed by atoms with E-state index >= 15 is 0 Å². The van der Waals surface area contributed by atoms with Gasteiger partial charge in [-0.3, -0.25) is 4.79 Å². The number of carboxylic acid groups (broad SMARTS) is 1. The van der Waals surface area contributed by atoms with Crippen molar-refractivity contribution in [2.75, 3.05) is 33.2 Å². The van der Waals surface area contributed by atoms with Gasteiger partial charge in [-0.1, -0.05) is 0 Å². The Kier molecular flexibility index (Phi) is 5.21. The average molecular weight is 243 g/mol. The normalized spacial score (nSPS) is 21.3. The summed E-state index contributed by atoms with van der Waals surface area (Å²) in [6.07, 6.45) is 0.571. The SMILES string of the molecule is CC1CN(C)CCN1C(=O)NCCCC(=O)O. The number of urea groups is 1. The number of piperazine rings is 1. The van der Waals surface area contributed by atoms with Gasteiger partial charge < -0.3 is 20.2 Å². The number of carbonyl (C=O) groups is 2. The van der Waals surface area contributed by atoms with Crippen molar-refractivity contribution in [2.24, 2.45) is 0 Å². The summed E-state index contributed by atoms with van der Waals surface area (Å²) >= 11 is 0. The monoisotopic (exact) mass is 243 g/mol. The van der Waals surface area contributed by atoms with Crippen LogP contribution in [0.5, 0.6) is 0 Å². The maximum atomic E-state index is 11.8. The molecule has 0 aromatic carbocycles. The molecule has 1 unspecified atom stereocenters. The molecule has 0 saturated carbocycles. The van der Waals surface area contributed by atoms with Gasteiger partial charge in [0, 0.05) is 38.6 Å². The lowest BCUT2D eigenvalue weighted by Gasteiger charge is -2.38. The minimum Gasteiger partial charge on any atom is -0.481 e. The van der Waals surface area contributed by atoms with Gasteiger partial charge in [0.2, 0.25) is 0 Å². The van der Waals surface area contributed by atoms with Crippen LogP contribution in [0.4, 0.5) is 4.79 Å². The van der Waals surface area contributed by atoms with Gasteiger partial charge in [-0.25, -0.2) is 4.79 Å².